The molecule has 86 valence electrons. The number of aryl methyl sites for hydroxylation is 1. The molecular weight excluding hydrogens is 194 g/mol. The summed E-state index contributed by atoms with van der Waals surface area (Å²) < 4.78 is 0. The van der Waals surface area contributed by atoms with Crippen molar-refractivity contribution in [3.8, 4) is 0 Å². The quantitative estimate of drug-likeness (QED) is 0.805. The Labute approximate surface area is 98.0 Å². The van der Waals surface area contributed by atoms with Crippen LogP contribution in [0.2, 0.25) is 0 Å². The summed E-state index contributed by atoms with van der Waals surface area (Å²) >= 11 is 0. The largest absolute Gasteiger partial charge is 0.325 e. The van der Waals surface area contributed by atoms with Crippen molar-refractivity contribution >= 4 is 0 Å². The van der Waals surface area contributed by atoms with Gasteiger partial charge >= 0.3 is 0 Å². The van der Waals surface area contributed by atoms with Gasteiger partial charge in [0.15, 0.2) is 0 Å². The highest BCUT2D eigenvalue weighted by Crippen LogP contribution is 2.64. The van der Waals surface area contributed by atoms with Crippen LogP contribution in [0.1, 0.15) is 50.2 Å². The van der Waals surface area contributed by atoms with E-state index in [0.717, 1.165) is 0 Å². The lowest BCUT2D eigenvalue weighted by Gasteiger charge is -2.36. The highest BCUT2D eigenvalue weighted by atomic mass is 14.8. The van der Waals surface area contributed by atoms with Crippen molar-refractivity contribution in [2.75, 3.05) is 0 Å². The molecule has 1 aromatic carbocycles. The van der Waals surface area contributed by atoms with Gasteiger partial charge in [0.1, 0.15) is 0 Å². The monoisotopic (exact) mass is 215 g/mol. The summed E-state index contributed by atoms with van der Waals surface area (Å²) in [5.74, 6) is 0.712. The van der Waals surface area contributed by atoms with Crippen LogP contribution in [0, 0.1) is 5.41 Å². The predicted molar refractivity (Wildman–Crippen MR) is 67.4 cm³/mol. The molecule has 0 heterocycles. The van der Waals surface area contributed by atoms with Gasteiger partial charge in [-0.05, 0) is 62.0 Å². The number of nitrogens with two attached hydrogens (primary N) is 1. The van der Waals surface area contributed by atoms with Gasteiger partial charge in [0, 0.05) is 5.54 Å². The first-order valence-corrected chi connectivity index (χ1v) is 6.41. The van der Waals surface area contributed by atoms with Crippen LogP contribution in [0.25, 0.3) is 0 Å². The van der Waals surface area contributed by atoms with Crippen LogP contribution in [0.15, 0.2) is 24.3 Å². The van der Waals surface area contributed by atoms with Crippen molar-refractivity contribution in [2.45, 2.75) is 51.0 Å². The van der Waals surface area contributed by atoms with Crippen molar-refractivity contribution in [3.05, 3.63) is 35.4 Å². The van der Waals surface area contributed by atoms with Gasteiger partial charge in [-0.3, -0.25) is 0 Å². The van der Waals surface area contributed by atoms with Crippen LogP contribution in [0.5, 0.6) is 0 Å². The molecule has 0 saturated heterocycles. The van der Waals surface area contributed by atoms with Gasteiger partial charge in [-0.1, -0.05) is 24.3 Å². The van der Waals surface area contributed by atoms with Crippen molar-refractivity contribution in [1.82, 2.24) is 0 Å². The third-order valence-corrected chi connectivity index (χ3v) is 4.87. The first kappa shape index (κ1) is 10.3. The molecule has 0 aromatic heterocycles. The highest BCUT2D eigenvalue weighted by Gasteiger charge is 2.58. The number of fused-ring (bicyclic) bond motifs is 1. The summed E-state index contributed by atoms with van der Waals surface area (Å²) in [6.07, 6.45) is 5.18. The average molecular weight is 215 g/mol. The minimum absolute atomic E-state index is 0.0326. The average Bonchev–Trinajstić information content (AvgIpc) is 2.93. The molecule has 0 amide bonds. The number of benzene rings is 1. The molecule has 1 saturated carbocycles. The van der Waals surface area contributed by atoms with E-state index in [9.17, 15) is 0 Å². The Morgan fingerprint density at radius 1 is 1.25 bits per heavy atom. The minimum atomic E-state index is -0.0326. The third-order valence-electron chi connectivity index (χ3n) is 4.87. The number of hydrogen-bond acceptors (Lipinski definition) is 1. The van der Waals surface area contributed by atoms with Gasteiger partial charge in [0.25, 0.3) is 0 Å². The molecule has 2 N–H and O–H groups in total. The molecule has 1 aromatic rings. The Hall–Kier alpha value is -0.820. The molecule has 0 spiro atoms. The summed E-state index contributed by atoms with van der Waals surface area (Å²) in [5, 5.41) is 0. The van der Waals surface area contributed by atoms with Crippen LogP contribution in [0.4, 0.5) is 0 Å². The maximum Gasteiger partial charge on any atom is 0.0160 e. The molecule has 1 atom stereocenters. The van der Waals surface area contributed by atoms with Gasteiger partial charge in [-0.25, -0.2) is 0 Å². The van der Waals surface area contributed by atoms with Crippen LogP contribution in [-0.2, 0) is 6.42 Å². The zero-order valence-electron chi connectivity index (χ0n) is 10.3. The topological polar surface area (TPSA) is 26.0 Å². The highest BCUT2D eigenvalue weighted by molar-refractivity contribution is 5.39. The molecule has 0 bridgehead atoms. The fourth-order valence-corrected chi connectivity index (χ4v) is 3.71. The van der Waals surface area contributed by atoms with Gasteiger partial charge in [-0.2, -0.15) is 0 Å². The zero-order chi connectivity index (χ0) is 11.4. The maximum absolute atomic E-state index is 6.41. The van der Waals surface area contributed by atoms with Crippen molar-refractivity contribution in [2.24, 2.45) is 11.1 Å². The van der Waals surface area contributed by atoms with E-state index in [1.165, 1.54) is 25.7 Å². The van der Waals surface area contributed by atoms with Gasteiger partial charge < -0.3 is 5.73 Å². The summed E-state index contributed by atoms with van der Waals surface area (Å²) in [7, 11) is 0. The van der Waals surface area contributed by atoms with E-state index in [1.807, 2.05) is 0 Å². The van der Waals surface area contributed by atoms with E-state index < -0.39 is 0 Å². The predicted octanol–water partition coefficient (Wildman–Crippen LogP) is 3.23. The van der Waals surface area contributed by atoms with E-state index in [1.54, 1.807) is 11.1 Å². The first-order chi connectivity index (χ1) is 7.55. The molecule has 0 aliphatic heterocycles. The lowest BCUT2D eigenvalue weighted by Crippen LogP contribution is -2.45. The molecule has 2 aliphatic carbocycles. The van der Waals surface area contributed by atoms with Crippen molar-refractivity contribution < 1.29 is 0 Å². The first-order valence-electron chi connectivity index (χ1n) is 6.41. The van der Waals surface area contributed by atoms with E-state index in [4.69, 9.17) is 5.73 Å². The SMILES string of the molecule is CC(C)(N)C1(C2CCc3ccccc32)CC1. The summed E-state index contributed by atoms with van der Waals surface area (Å²) in [4.78, 5) is 0. The molecule has 0 radical (unpaired) electrons. The summed E-state index contributed by atoms with van der Waals surface area (Å²) in [6, 6.07) is 8.94. The molecular formula is C15H21N. The van der Waals surface area contributed by atoms with E-state index in [-0.39, 0.29) is 5.54 Å². The van der Waals surface area contributed by atoms with Gasteiger partial charge in [0.2, 0.25) is 0 Å². The Balaban J connectivity index is 2.00. The molecule has 16 heavy (non-hydrogen) atoms. The molecule has 1 unspecified atom stereocenters. The van der Waals surface area contributed by atoms with E-state index in [2.05, 4.69) is 38.1 Å². The second-order valence-corrected chi connectivity index (χ2v) is 6.17. The van der Waals surface area contributed by atoms with Crippen LogP contribution in [-0.4, -0.2) is 5.54 Å². The number of hydrogen-bond donors (Lipinski definition) is 1. The fourth-order valence-electron chi connectivity index (χ4n) is 3.71. The molecule has 3 rings (SSSR count). The van der Waals surface area contributed by atoms with Crippen LogP contribution < -0.4 is 5.73 Å². The van der Waals surface area contributed by atoms with Gasteiger partial charge in [-0.15, -0.1) is 0 Å². The van der Waals surface area contributed by atoms with Gasteiger partial charge in [0.05, 0.1) is 0 Å². The Bertz CT molecular complexity index is 410. The van der Waals surface area contributed by atoms with E-state index >= 15 is 0 Å². The number of rotatable bonds is 2. The van der Waals surface area contributed by atoms with Crippen molar-refractivity contribution in [1.29, 1.82) is 0 Å². The third kappa shape index (κ3) is 1.27. The normalized spacial score (nSPS) is 26.6. The van der Waals surface area contributed by atoms with Crippen LogP contribution in [0.3, 0.4) is 0 Å². The zero-order valence-corrected chi connectivity index (χ0v) is 10.3. The van der Waals surface area contributed by atoms with Crippen molar-refractivity contribution in [3.63, 3.8) is 0 Å². The molecule has 1 nitrogen and oxygen atoms in total. The minimum Gasteiger partial charge on any atom is -0.325 e. The van der Waals surface area contributed by atoms with E-state index in [0.29, 0.717) is 11.3 Å². The molecule has 1 heteroatoms. The Morgan fingerprint density at radius 2 is 1.94 bits per heavy atom. The standard InChI is InChI=1S/C15H21N/c1-14(2,16)15(9-10-15)13-8-7-11-5-3-4-6-12(11)13/h3-6,13H,7-10,16H2,1-2H3. The fraction of sp³-hybridized carbons (Fsp3) is 0.600. The maximum atomic E-state index is 6.41. The second kappa shape index (κ2) is 3.10. The molecule has 1 fully saturated rings. The lowest BCUT2D eigenvalue weighted by molar-refractivity contribution is 0.241. The Kier molecular flexibility index (Phi) is 2.00. The van der Waals surface area contributed by atoms with Crippen LogP contribution >= 0.6 is 0 Å². The summed E-state index contributed by atoms with van der Waals surface area (Å²) in [6.45, 7) is 4.42. The Morgan fingerprint density at radius 3 is 2.56 bits per heavy atom. The molecule has 2 aliphatic rings. The lowest BCUT2D eigenvalue weighted by atomic mass is 9.72. The smallest absolute Gasteiger partial charge is 0.0160 e. The summed E-state index contributed by atoms with van der Waals surface area (Å²) in [5.41, 5.74) is 9.91. The second-order valence-electron chi connectivity index (χ2n) is 6.17.